The molecular formula is C19H20N2. The molecule has 0 aliphatic heterocycles. The van der Waals surface area contributed by atoms with Crippen LogP contribution in [0, 0.1) is 0 Å². The summed E-state index contributed by atoms with van der Waals surface area (Å²) in [5, 5.41) is 0. The summed E-state index contributed by atoms with van der Waals surface area (Å²) in [6, 6.07) is 13.1. The van der Waals surface area contributed by atoms with Gasteiger partial charge in [-0.1, -0.05) is 48.6 Å². The average molecular weight is 276 g/mol. The maximum Gasteiger partial charge on any atom is -0.00105 e. The summed E-state index contributed by atoms with van der Waals surface area (Å²) in [5.74, 6) is 0. The van der Waals surface area contributed by atoms with Gasteiger partial charge in [0.1, 0.15) is 0 Å². The Labute approximate surface area is 125 Å². The van der Waals surface area contributed by atoms with Crippen molar-refractivity contribution in [2.24, 2.45) is 11.5 Å². The van der Waals surface area contributed by atoms with Gasteiger partial charge in [0.05, 0.1) is 0 Å². The molecule has 0 atom stereocenters. The van der Waals surface area contributed by atoms with Gasteiger partial charge in [0, 0.05) is 0 Å². The Morgan fingerprint density at radius 3 is 2.43 bits per heavy atom. The highest BCUT2D eigenvalue weighted by Crippen LogP contribution is 2.39. The third-order valence-corrected chi connectivity index (χ3v) is 4.13. The number of hydrogen-bond donors (Lipinski definition) is 2. The van der Waals surface area contributed by atoms with E-state index in [-0.39, 0.29) is 0 Å². The van der Waals surface area contributed by atoms with Gasteiger partial charge in [0.2, 0.25) is 0 Å². The van der Waals surface area contributed by atoms with E-state index in [1.807, 2.05) is 12.2 Å². The molecule has 0 bridgehead atoms. The van der Waals surface area contributed by atoms with Gasteiger partial charge in [-0.15, -0.1) is 0 Å². The quantitative estimate of drug-likeness (QED) is 0.768. The van der Waals surface area contributed by atoms with Crippen molar-refractivity contribution in [3.63, 3.8) is 0 Å². The number of benzene rings is 2. The van der Waals surface area contributed by atoms with Crippen LogP contribution >= 0.6 is 0 Å². The first-order valence-electron chi connectivity index (χ1n) is 7.30. The van der Waals surface area contributed by atoms with Crippen molar-refractivity contribution < 1.29 is 0 Å². The summed E-state index contributed by atoms with van der Waals surface area (Å²) in [5.41, 5.74) is 19.4. The van der Waals surface area contributed by atoms with Crippen molar-refractivity contribution in [3.05, 3.63) is 83.2 Å². The maximum absolute atomic E-state index is 5.54. The minimum absolute atomic E-state index is 0.869. The van der Waals surface area contributed by atoms with E-state index in [4.69, 9.17) is 11.5 Å². The number of allylic oxidation sites excluding steroid dienone is 2. The second kappa shape index (κ2) is 5.88. The topological polar surface area (TPSA) is 52.0 Å². The minimum atomic E-state index is 0.869. The normalized spacial score (nSPS) is 13.0. The molecule has 106 valence electrons. The molecule has 3 rings (SSSR count). The second-order valence-corrected chi connectivity index (χ2v) is 5.33. The van der Waals surface area contributed by atoms with Crippen LogP contribution in [0.5, 0.6) is 0 Å². The highest BCUT2D eigenvalue weighted by molar-refractivity contribution is 5.78. The Morgan fingerprint density at radius 2 is 1.62 bits per heavy atom. The molecule has 0 aromatic heterocycles. The summed E-state index contributed by atoms with van der Waals surface area (Å²) in [6.07, 6.45) is 10.0. The summed E-state index contributed by atoms with van der Waals surface area (Å²) in [6.45, 7) is 0. The van der Waals surface area contributed by atoms with Crippen LogP contribution in [-0.4, -0.2) is 0 Å². The predicted molar refractivity (Wildman–Crippen MR) is 88.7 cm³/mol. The van der Waals surface area contributed by atoms with Crippen LogP contribution in [0.3, 0.4) is 0 Å². The lowest BCUT2D eigenvalue weighted by atomic mass is 9.92. The molecule has 0 unspecified atom stereocenters. The van der Waals surface area contributed by atoms with Crippen molar-refractivity contribution in [1.29, 1.82) is 0 Å². The monoisotopic (exact) mass is 276 g/mol. The summed E-state index contributed by atoms with van der Waals surface area (Å²) < 4.78 is 0. The summed E-state index contributed by atoms with van der Waals surface area (Å²) >= 11 is 0. The number of fused-ring (bicyclic) bond motifs is 3. The van der Waals surface area contributed by atoms with Crippen molar-refractivity contribution in [2.75, 3.05) is 0 Å². The zero-order valence-corrected chi connectivity index (χ0v) is 12.0. The lowest BCUT2D eigenvalue weighted by molar-refractivity contribution is 1.09. The van der Waals surface area contributed by atoms with Crippen LogP contribution in [0.4, 0.5) is 0 Å². The van der Waals surface area contributed by atoms with Crippen molar-refractivity contribution in [2.45, 2.75) is 19.3 Å². The molecule has 0 spiro atoms. The van der Waals surface area contributed by atoms with Gasteiger partial charge < -0.3 is 11.5 Å². The summed E-state index contributed by atoms with van der Waals surface area (Å²) in [4.78, 5) is 0. The van der Waals surface area contributed by atoms with E-state index in [1.165, 1.54) is 33.4 Å². The highest BCUT2D eigenvalue weighted by atomic mass is 14.5. The molecule has 0 saturated heterocycles. The van der Waals surface area contributed by atoms with Gasteiger partial charge in [-0.25, -0.2) is 0 Å². The number of rotatable bonds is 4. The molecule has 0 amide bonds. The van der Waals surface area contributed by atoms with E-state index in [0.29, 0.717) is 0 Å². The van der Waals surface area contributed by atoms with E-state index >= 15 is 0 Å². The third kappa shape index (κ3) is 2.45. The Morgan fingerprint density at radius 1 is 0.857 bits per heavy atom. The van der Waals surface area contributed by atoms with Crippen molar-refractivity contribution in [3.8, 4) is 11.1 Å². The van der Waals surface area contributed by atoms with Crippen LogP contribution in [0.1, 0.15) is 22.3 Å². The van der Waals surface area contributed by atoms with Gasteiger partial charge in [-0.05, 0) is 65.0 Å². The van der Waals surface area contributed by atoms with Gasteiger partial charge in [-0.2, -0.15) is 0 Å². The molecule has 2 heteroatoms. The Balaban J connectivity index is 2.10. The fourth-order valence-electron chi connectivity index (χ4n) is 3.15. The zero-order chi connectivity index (χ0) is 14.7. The predicted octanol–water partition coefficient (Wildman–Crippen LogP) is 3.29. The maximum atomic E-state index is 5.54. The minimum Gasteiger partial charge on any atom is -0.405 e. The Hall–Kier alpha value is -2.48. The first kappa shape index (κ1) is 13.5. The highest BCUT2D eigenvalue weighted by Gasteiger charge is 2.21. The molecule has 0 radical (unpaired) electrons. The van der Waals surface area contributed by atoms with Gasteiger partial charge >= 0.3 is 0 Å². The van der Waals surface area contributed by atoms with E-state index in [0.717, 1.165) is 19.3 Å². The molecule has 1 aliphatic rings. The van der Waals surface area contributed by atoms with Crippen LogP contribution in [0.25, 0.3) is 11.1 Å². The first-order valence-corrected chi connectivity index (χ1v) is 7.30. The van der Waals surface area contributed by atoms with E-state index in [9.17, 15) is 0 Å². The SMILES string of the molecule is NC=CCc1ccc2c(c1CC=CN)Cc1ccccc1-2. The molecule has 0 heterocycles. The van der Waals surface area contributed by atoms with E-state index in [1.54, 1.807) is 12.4 Å². The van der Waals surface area contributed by atoms with Crippen molar-refractivity contribution in [1.82, 2.24) is 0 Å². The Kier molecular flexibility index (Phi) is 3.78. The van der Waals surface area contributed by atoms with Gasteiger partial charge in [0.15, 0.2) is 0 Å². The molecule has 2 nitrogen and oxygen atoms in total. The van der Waals surface area contributed by atoms with E-state index in [2.05, 4.69) is 36.4 Å². The number of nitrogens with two attached hydrogens (primary N) is 2. The number of hydrogen-bond acceptors (Lipinski definition) is 2. The Bertz CT molecular complexity index is 712. The molecular weight excluding hydrogens is 256 g/mol. The molecule has 0 saturated carbocycles. The lowest BCUT2D eigenvalue weighted by Gasteiger charge is -2.12. The van der Waals surface area contributed by atoms with Crippen molar-refractivity contribution >= 4 is 0 Å². The third-order valence-electron chi connectivity index (χ3n) is 4.13. The van der Waals surface area contributed by atoms with Crippen LogP contribution in [0.2, 0.25) is 0 Å². The molecule has 0 fully saturated rings. The fourth-order valence-corrected chi connectivity index (χ4v) is 3.15. The zero-order valence-electron chi connectivity index (χ0n) is 12.0. The average Bonchev–Trinajstić information content (AvgIpc) is 2.90. The van der Waals surface area contributed by atoms with E-state index < -0.39 is 0 Å². The van der Waals surface area contributed by atoms with Gasteiger partial charge in [0.25, 0.3) is 0 Å². The molecule has 2 aromatic carbocycles. The molecule has 2 aromatic rings. The van der Waals surface area contributed by atoms with Crippen LogP contribution < -0.4 is 11.5 Å². The van der Waals surface area contributed by atoms with Crippen LogP contribution in [0.15, 0.2) is 61.0 Å². The van der Waals surface area contributed by atoms with Crippen LogP contribution in [-0.2, 0) is 19.3 Å². The lowest BCUT2D eigenvalue weighted by Crippen LogP contribution is -1.99. The summed E-state index contributed by atoms with van der Waals surface area (Å²) in [7, 11) is 0. The molecule has 1 aliphatic carbocycles. The molecule has 21 heavy (non-hydrogen) atoms. The smallest absolute Gasteiger partial charge is 0.00105 e. The molecule has 4 N–H and O–H groups in total. The largest absolute Gasteiger partial charge is 0.405 e. The standard InChI is InChI=1S/C19H20N2/c20-11-3-6-14-9-10-18-17-7-2-1-5-15(17)13-19(18)16(14)8-4-12-21/h1-5,7,9-12H,6,8,13,20-21H2. The second-order valence-electron chi connectivity index (χ2n) is 5.33. The fraction of sp³-hybridized carbons (Fsp3) is 0.158. The van der Waals surface area contributed by atoms with Gasteiger partial charge in [-0.3, -0.25) is 0 Å². The first-order chi connectivity index (χ1) is 10.3.